The Morgan fingerprint density at radius 2 is 1.62 bits per heavy atom. The van der Waals surface area contributed by atoms with Crippen LogP contribution in [-0.4, -0.2) is 41.2 Å². The molecule has 0 amide bonds. The number of ether oxygens (including phenoxy) is 2. The van der Waals surface area contributed by atoms with Gasteiger partial charge in [0.15, 0.2) is 6.61 Å². The Bertz CT molecular complexity index is 1280. The molecular formula is C27H26N2O5. The molecule has 1 heterocycles. The van der Waals surface area contributed by atoms with Crippen molar-refractivity contribution >= 4 is 22.6 Å². The molecule has 0 aliphatic rings. The molecule has 0 unspecified atom stereocenters. The fraction of sp³-hybridized carbons (Fsp3) is 0.185. The zero-order valence-electron chi connectivity index (χ0n) is 18.9. The van der Waals surface area contributed by atoms with Crippen molar-refractivity contribution in [1.29, 1.82) is 0 Å². The summed E-state index contributed by atoms with van der Waals surface area (Å²) in [7, 11) is 0. The van der Waals surface area contributed by atoms with Gasteiger partial charge < -0.3 is 24.0 Å². The number of oxime groups is 1. The first-order chi connectivity index (χ1) is 16.6. The molecule has 174 valence electrons. The predicted octanol–water partition coefficient (Wildman–Crippen LogP) is 4.97. The second kappa shape index (κ2) is 11.0. The fourth-order valence-electron chi connectivity index (χ4n) is 3.63. The monoisotopic (exact) mass is 458 g/mol. The summed E-state index contributed by atoms with van der Waals surface area (Å²) in [6.07, 6.45) is 2.07. The van der Waals surface area contributed by atoms with Crippen molar-refractivity contribution in [2.45, 2.75) is 13.5 Å². The van der Waals surface area contributed by atoms with Crippen LogP contribution in [0.1, 0.15) is 18.1 Å². The van der Waals surface area contributed by atoms with E-state index in [1.165, 1.54) is 5.56 Å². The minimum absolute atomic E-state index is 0.168. The lowest BCUT2D eigenvalue weighted by Gasteiger charge is -2.10. The van der Waals surface area contributed by atoms with Crippen LogP contribution in [0.5, 0.6) is 11.5 Å². The van der Waals surface area contributed by atoms with E-state index in [1.54, 1.807) is 24.3 Å². The number of carboxylic acids is 1. The first-order valence-corrected chi connectivity index (χ1v) is 11.0. The molecule has 0 bridgehead atoms. The molecule has 0 fully saturated rings. The van der Waals surface area contributed by atoms with E-state index in [1.807, 2.05) is 37.3 Å². The number of hydrogen-bond donors (Lipinski definition) is 1. The number of rotatable bonds is 11. The highest BCUT2D eigenvalue weighted by Gasteiger charge is 2.16. The predicted molar refractivity (Wildman–Crippen MR) is 131 cm³/mol. The molecule has 7 nitrogen and oxygen atoms in total. The van der Waals surface area contributed by atoms with Crippen molar-refractivity contribution < 1.29 is 24.2 Å². The van der Waals surface area contributed by atoms with Crippen molar-refractivity contribution in [3.05, 3.63) is 96.2 Å². The van der Waals surface area contributed by atoms with Gasteiger partial charge in [0.05, 0.1) is 0 Å². The first-order valence-electron chi connectivity index (χ1n) is 11.0. The summed E-state index contributed by atoms with van der Waals surface area (Å²) in [6, 6.07) is 25.3. The molecule has 1 N–H and O–H groups in total. The van der Waals surface area contributed by atoms with E-state index in [4.69, 9.17) is 19.4 Å². The Kier molecular flexibility index (Phi) is 7.45. The standard InChI is InChI=1S/C27H26N2O5/c1-2-34-28-25(18-32-21-11-8-12-22(15-21)33-19-27(30)31)24-17-29(16-20-9-4-3-5-10-20)26-14-7-6-13-23(24)26/h3-15,17H,2,16,18-19H2,1H3,(H,30,31)/b28-25+. The zero-order valence-corrected chi connectivity index (χ0v) is 18.9. The number of nitrogens with zero attached hydrogens (tertiary/aromatic N) is 2. The van der Waals surface area contributed by atoms with Gasteiger partial charge >= 0.3 is 5.97 Å². The number of aliphatic carboxylic acids is 1. The van der Waals surface area contributed by atoms with Gasteiger partial charge in [-0.3, -0.25) is 0 Å². The molecule has 0 saturated carbocycles. The highest BCUT2D eigenvalue weighted by Crippen LogP contribution is 2.25. The van der Waals surface area contributed by atoms with Crippen LogP contribution in [0.3, 0.4) is 0 Å². The lowest BCUT2D eigenvalue weighted by Crippen LogP contribution is -2.14. The van der Waals surface area contributed by atoms with Gasteiger partial charge in [0.25, 0.3) is 0 Å². The third kappa shape index (κ3) is 5.75. The SMILES string of the molecule is CCO/N=C(\COc1cccc(OCC(=O)O)c1)c1cn(Cc2ccccc2)c2ccccc12. The summed E-state index contributed by atoms with van der Waals surface area (Å²) in [5, 5.41) is 14.2. The lowest BCUT2D eigenvalue weighted by molar-refractivity contribution is -0.139. The molecule has 0 spiro atoms. The molecule has 34 heavy (non-hydrogen) atoms. The second-order valence-corrected chi connectivity index (χ2v) is 7.58. The molecular weight excluding hydrogens is 432 g/mol. The van der Waals surface area contributed by atoms with Gasteiger partial charge in [-0.2, -0.15) is 0 Å². The van der Waals surface area contributed by atoms with Crippen LogP contribution >= 0.6 is 0 Å². The largest absolute Gasteiger partial charge is 0.487 e. The van der Waals surface area contributed by atoms with E-state index >= 15 is 0 Å². The minimum Gasteiger partial charge on any atom is -0.487 e. The van der Waals surface area contributed by atoms with Gasteiger partial charge in [0.2, 0.25) is 0 Å². The molecule has 1 aromatic heterocycles. The Hall–Kier alpha value is -4.26. The van der Waals surface area contributed by atoms with Crippen molar-refractivity contribution in [2.75, 3.05) is 19.8 Å². The third-order valence-corrected chi connectivity index (χ3v) is 5.14. The Morgan fingerprint density at radius 1 is 0.912 bits per heavy atom. The highest BCUT2D eigenvalue weighted by molar-refractivity contribution is 6.11. The smallest absolute Gasteiger partial charge is 0.341 e. The number of aromatic nitrogens is 1. The molecule has 3 aromatic carbocycles. The van der Waals surface area contributed by atoms with Crippen molar-refractivity contribution in [3.8, 4) is 11.5 Å². The molecule has 0 atom stereocenters. The summed E-state index contributed by atoms with van der Waals surface area (Å²) in [5.74, 6) is -0.0767. The van der Waals surface area contributed by atoms with Crippen molar-refractivity contribution in [1.82, 2.24) is 4.57 Å². The molecule has 0 aliphatic carbocycles. The van der Waals surface area contributed by atoms with E-state index < -0.39 is 12.6 Å². The van der Waals surface area contributed by atoms with Crippen molar-refractivity contribution in [2.24, 2.45) is 5.16 Å². The number of para-hydroxylation sites is 1. The number of carbonyl (C=O) groups is 1. The second-order valence-electron chi connectivity index (χ2n) is 7.58. The summed E-state index contributed by atoms with van der Waals surface area (Å²) in [5.41, 5.74) is 3.88. The topological polar surface area (TPSA) is 82.3 Å². The molecule has 4 rings (SSSR count). The van der Waals surface area contributed by atoms with E-state index in [0.29, 0.717) is 23.8 Å². The lowest BCUT2D eigenvalue weighted by atomic mass is 10.1. The fourth-order valence-corrected chi connectivity index (χ4v) is 3.63. The Labute approximate surface area is 197 Å². The summed E-state index contributed by atoms with van der Waals surface area (Å²) in [6.45, 7) is 2.80. The van der Waals surface area contributed by atoms with E-state index in [-0.39, 0.29) is 6.61 Å². The van der Waals surface area contributed by atoms with Crippen LogP contribution in [0.4, 0.5) is 0 Å². The van der Waals surface area contributed by atoms with Crippen molar-refractivity contribution in [3.63, 3.8) is 0 Å². The summed E-state index contributed by atoms with van der Waals surface area (Å²) in [4.78, 5) is 16.2. The zero-order chi connectivity index (χ0) is 23.8. The summed E-state index contributed by atoms with van der Waals surface area (Å²) >= 11 is 0. The molecule has 7 heteroatoms. The van der Waals surface area contributed by atoms with Crippen LogP contribution in [0.2, 0.25) is 0 Å². The van der Waals surface area contributed by atoms with Crippen LogP contribution in [0.15, 0.2) is 90.2 Å². The van der Waals surface area contributed by atoms with Gasteiger partial charge in [-0.15, -0.1) is 0 Å². The molecule has 0 saturated heterocycles. The van der Waals surface area contributed by atoms with Crippen LogP contribution < -0.4 is 9.47 Å². The Balaban J connectivity index is 1.60. The summed E-state index contributed by atoms with van der Waals surface area (Å²) < 4.78 is 13.4. The normalized spacial score (nSPS) is 11.4. The van der Waals surface area contributed by atoms with Gasteiger partial charge in [0, 0.05) is 35.3 Å². The molecule has 0 aliphatic heterocycles. The maximum absolute atomic E-state index is 10.8. The number of benzene rings is 3. The Morgan fingerprint density at radius 3 is 2.35 bits per heavy atom. The van der Waals surface area contributed by atoms with Gasteiger partial charge in [0.1, 0.15) is 30.4 Å². The average Bonchev–Trinajstić information content (AvgIpc) is 3.22. The van der Waals surface area contributed by atoms with Crippen LogP contribution in [0.25, 0.3) is 10.9 Å². The van der Waals surface area contributed by atoms with Gasteiger partial charge in [-0.1, -0.05) is 59.8 Å². The average molecular weight is 459 g/mol. The quantitative estimate of drug-likeness (QED) is 0.253. The molecule has 4 aromatic rings. The minimum atomic E-state index is -1.04. The third-order valence-electron chi connectivity index (χ3n) is 5.14. The van der Waals surface area contributed by atoms with E-state index in [0.717, 1.165) is 23.0 Å². The number of hydrogen-bond acceptors (Lipinski definition) is 5. The highest BCUT2D eigenvalue weighted by atomic mass is 16.6. The number of carboxylic acid groups (broad SMARTS) is 1. The number of fused-ring (bicyclic) bond motifs is 1. The van der Waals surface area contributed by atoms with Crippen LogP contribution in [-0.2, 0) is 16.2 Å². The van der Waals surface area contributed by atoms with Gasteiger partial charge in [-0.25, -0.2) is 4.79 Å². The first kappa shape index (κ1) is 22.9. The maximum atomic E-state index is 10.8. The maximum Gasteiger partial charge on any atom is 0.341 e. The van der Waals surface area contributed by atoms with Gasteiger partial charge in [-0.05, 0) is 30.7 Å². The molecule has 0 radical (unpaired) electrons. The van der Waals surface area contributed by atoms with E-state index in [2.05, 4.69) is 40.2 Å². The van der Waals surface area contributed by atoms with E-state index in [9.17, 15) is 4.79 Å². The van der Waals surface area contributed by atoms with Crippen LogP contribution in [0, 0.1) is 0 Å².